The Balaban J connectivity index is 1.92. The van der Waals surface area contributed by atoms with Crippen molar-refractivity contribution in [1.82, 2.24) is 14.1 Å². The van der Waals surface area contributed by atoms with Crippen molar-refractivity contribution in [1.29, 1.82) is 0 Å². The zero-order valence-electron chi connectivity index (χ0n) is 14.1. The number of anilines is 1. The molecule has 1 aromatic carbocycles. The number of alkyl halides is 3. The van der Waals surface area contributed by atoms with E-state index >= 15 is 0 Å². The van der Waals surface area contributed by atoms with Gasteiger partial charge in [-0.1, -0.05) is 12.1 Å². The fraction of sp³-hybridized carbons (Fsp3) is 0.235. The third-order valence-corrected chi connectivity index (χ3v) is 4.05. The van der Waals surface area contributed by atoms with Crippen LogP contribution in [0.25, 0.3) is 11.0 Å². The van der Waals surface area contributed by atoms with Gasteiger partial charge in [-0.05, 0) is 25.1 Å². The number of rotatable bonds is 4. The predicted molar refractivity (Wildman–Crippen MR) is 92.6 cm³/mol. The summed E-state index contributed by atoms with van der Waals surface area (Å²) < 4.78 is 41.0. The molecule has 0 fully saturated rings. The summed E-state index contributed by atoms with van der Waals surface area (Å²) in [7, 11) is 0. The molecule has 0 bridgehead atoms. The number of nitrogens with one attached hydrogen (secondary N) is 2. The van der Waals surface area contributed by atoms with E-state index < -0.39 is 41.1 Å². The Morgan fingerprint density at radius 1 is 1.15 bits per heavy atom. The lowest BCUT2D eigenvalue weighted by Gasteiger charge is -2.09. The topological polar surface area (TPSA) is 88.9 Å². The maximum Gasteiger partial charge on any atom is 0.417 e. The molecule has 27 heavy (non-hydrogen) atoms. The first-order valence-electron chi connectivity index (χ1n) is 8.00. The minimum absolute atomic E-state index is 0.390. The lowest BCUT2D eigenvalue weighted by molar-refractivity contribution is -0.137. The van der Waals surface area contributed by atoms with Gasteiger partial charge in [0.15, 0.2) is 0 Å². The molecule has 0 aliphatic heterocycles. The zero-order chi connectivity index (χ0) is 19.8. The van der Waals surface area contributed by atoms with Crippen LogP contribution < -0.4 is 16.6 Å². The summed E-state index contributed by atoms with van der Waals surface area (Å²) in [6.45, 7) is 1.73. The second-order valence-electron chi connectivity index (χ2n) is 5.78. The molecule has 10 heteroatoms. The average Bonchev–Trinajstić information content (AvgIpc) is 2.87. The molecule has 2 heterocycles. The molecule has 7 nitrogen and oxygen atoms in total. The van der Waals surface area contributed by atoms with E-state index in [4.69, 9.17) is 0 Å². The van der Waals surface area contributed by atoms with Crippen LogP contribution in [0.4, 0.5) is 18.9 Å². The van der Waals surface area contributed by atoms with Crippen molar-refractivity contribution in [2.75, 3.05) is 5.32 Å². The SMILES string of the molecule is CCn1c(=O)n(CC(=O)Nc2cc(C(F)(F)F)c[nH]c2=O)c2ccccc21. The number of H-pyrrole nitrogens is 1. The van der Waals surface area contributed by atoms with Crippen LogP contribution in [0.2, 0.25) is 0 Å². The molecule has 0 unspecified atom stereocenters. The van der Waals surface area contributed by atoms with Crippen molar-refractivity contribution >= 4 is 22.6 Å². The summed E-state index contributed by atoms with van der Waals surface area (Å²) in [4.78, 5) is 38.4. The van der Waals surface area contributed by atoms with Crippen LogP contribution in [0, 0.1) is 0 Å². The van der Waals surface area contributed by atoms with Crippen molar-refractivity contribution in [2.45, 2.75) is 26.2 Å². The van der Waals surface area contributed by atoms with Gasteiger partial charge in [0, 0.05) is 12.7 Å². The Morgan fingerprint density at radius 2 is 1.78 bits per heavy atom. The molecule has 3 aromatic rings. The number of carbonyl (C=O) groups excluding carboxylic acids is 1. The first kappa shape index (κ1) is 18.5. The van der Waals surface area contributed by atoms with Crippen LogP contribution >= 0.6 is 0 Å². The molecule has 142 valence electrons. The third kappa shape index (κ3) is 3.50. The summed E-state index contributed by atoms with van der Waals surface area (Å²) in [5.41, 5.74) is -1.79. The third-order valence-electron chi connectivity index (χ3n) is 4.05. The van der Waals surface area contributed by atoms with Gasteiger partial charge in [0.25, 0.3) is 5.56 Å². The van der Waals surface area contributed by atoms with Crippen LogP contribution in [0.15, 0.2) is 46.1 Å². The summed E-state index contributed by atoms with van der Waals surface area (Å²) in [5.74, 6) is -0.791. The molecule has 0 radical (unpaired) electrons. The quantitative estimate of drug-likeness (QED) is 0.727. The number of aryl methyl sites for hydroxylation is 1. The van der Waals surface area contributed by atoms with Crippen LogP contribution in [0.5, 0.6) is 0 Å². The number of fused-ring (bicyclic) bond motifs is 1. The highest BCUT2D eigenvalue weighted by molar-refractivity contribution is 5.91. The second kappa shape index (κ2) is 6.78. The number of aromatic nitrogens is 3. The Labute approximate surface area is 150 Å². The summed E-state index contributed by atoms with van der Waals surface area (Å²) in [5, 5.41) is 2.14. The number of amides is 1. The maximum absolute atomic E-state index is 12.8. The number of aromatic amines is 1. The normalized spacial score (nSPS) is 11.7. The van der Waals surface area contributed by atoms with Crippen LogP contribution in [-0.4, -0.2) is 20.0 Å². The van der Waals surface area contributed by atoms with Gasteiger partial charge in [-0.25, -0.2) is 4.79 Å². The fourth-order valence-electron chi connectivity index (χ4n) is 2.80. The first-order valence-corrected chi connectivity index (χ1v) is 8.00. The molecule has 0 spiro atoms. The van der Waals surface area contributed by atoms with Gasteiger partial charge in [-0.2, -0.15) is 13.2 Å². The Bertz CT molecular complexity index is 1120. The number of benzene rings is 1. The highest BCUT2D eigenvalue weighted by Crippen LogP contribution is 2.29. The van der Waals surface area contributed by atoms with Crippen molar-refractivity contribution in [3.8, 4) is 0 Å². The molecular formula is C17H15F3N4O3. The molecular weight excluding hydrogens is 365 g/mol. The Kier molecular flexibility index (Phi) is 4.64. The maximum atomic E-state index is 12.8. The van der Waals surface area contributed by atoms with Gasteiger partial charge in [-0.15, -0.1) is 0 Å². The van der Waals surface area contributed by atoms with Gasteiger partial charge in [0.2, 0.25) is 5.91 Å². The van der Waals surface area contributed by atoms with Gasteiger partial charge in [-0.3, -0.25) is 18.7 Å². The van der Waals surface area contributed by atoms with Crippen LogP contribution in [0.1, 0.15) is 12.5 Å². The van der Waals surface area contributed by atoms with E-state index in [2.05, 4.69) is 5.32 Å². The summed E-state index contributed by atoms with van der Waals surface area (Å²) in [6.07, 6.45) is -4.15. The van der Waals surface area contributed by atoms with Crippen LogP contribution in [-0.2, 0) is 24.1 Å². The largest absolute Gasteiger partial charge is 0.417 e. The number of hydrogen-bond donors (Lipinski definition) is 2. The number of nitrogens with zero attached hydrogens (tertiary/aromatic N) is 2. The Hall–Kier alpha value is -3.30. The van der Waals surface area contributed by atoms with Crippen LogP contribution in [0.3, 0.4) is 0 Å². The molecule has 3 rings (SSSR count). The summed E-state index contributed by atoms with van der Waals surface area (Å²) in [6, 6.07) is 7.39. The van der Waals surface area contributed by atoms with E-state index in [0.717, 1.165) is 0 Å². The lowest BCUT2D eigenvalue weighted by Crippen LogP contribution is -2.30. The monoisotopic (exact) mass is 380 g/mol. The van der Waals surface area contributed by atoms with Gasteiger partial charge >= 0.3 is 11.9 Å². The molecule has 0 saturated heterocycles. The smallest absolute Gasteiger partial charge is 0.327 e. The number of halogens is 3. The number of imidazole rings is 1. The van der Waals surface area contributed by atoms with E-state index in [-0.39, 0.29) is 0 Å². The average molecular weight is 380 g/mol. The van der Waals surface area contributed by atoms with E-state index in [1.165, 1.54) is 9.13 Å². The van der Waals surface area contributed by atoms with E-state index in [1.807, 2.05) is 4.98 Å². The standard InChI is InChI=1S/C17H15F3N4O3/c1-2-23-12-5-3-4-6-13(12)24(16(23)27)9-14(25)22-11-7-10(17(18,19)20)8-21-15(11)26/h3-8H,2,9H2,1H3,(H,21,26)(H,22,25). The molecule has 0 atom stereocenters. The fourth-order valence-corrected chi connectivity index (χ4v) is 2.80. The van der Waals surface area contributed by atoms with Gasteiger partial charge < -0.3 is 10.3 Å². The number of hydrogen-bond acceptors (Lipinski definition) is 3. The Morgan fingerprint density at radius 3 is 2.37 bits per heavy atom. The molecule has 0 aliphatic carbocycles. The van der Waals surface area contributed by atoms with Crippen molar-refractivity contribution in [2.24, 2.45) is 0 Å². The van der Waals surface area contributed by atoms with E-state index in [1.54, 1.807) is 31.2 Å². The minimum atomic E-state index is -4.67. The molecule has 0 saturated carbocycles. The second-order valence-corrected chi connectivity index (χ2v) is 5.78. The highest BCUT2D eigenvalue weighted by atomic mass is 19.4. The van der Waals surface area contributed by atoms with Crippen molar-refractivity contribution in [3.63, 3.8) is 0 Å². The van der Waals surface area contributed by atoms with E-state index in [9.17, 15) is 27.6 Å². The number of para-hydroxylation sites is 2. The molecule has 0 aliphatic rings. The van der Waals surface area contributed by atoms with E-state index in [0.29, 0.717) is 29.8 Å². The van der Waals surface area contributed by atoms with Gasteiger partial charge in [0.1, 0.15) is 12.2 Å². The summed E-state index contributed by atoms with van der Waals surface area (Å²) >= 11 is 0. The first-order chi connectivity index (χ1) is 12.7. The van der Waals surface area contributed by atoms with Crippen molar-refractivity contribution in [3.05, 3.63) is 62.9 Å². The van der Waals surface area contributed by atoms with Crippen molar-refractivity contribution < 1.29 is 18.0 Å². The molecule has 1 amide bonds. The highest BCUT2D eigenvalue weighted by Gasteiger charge is 2.31. The molecule has 2 aromatic heterocycles. The molecule has 2 N–H and O–H groups in total. The van der Waals surface area contributed by atoms with Gasteiger partial charge in [0.05, 0.1) is 16.6 Å². The number of pyridine rings is 1. The predicted octanol–water partition coefficient (Wildman–Crippen LogP) is 2.17. The lowest BCUT2D eigenvalue weighted by atomic mass is 10.2. The minimum Gasteiger partial charge on any atom is -0.327 e. The number of carbonyl (C=O) groups is 1. The zero-order valence-corrected chi connectivity index (χ0v) is 14.1.